The number of hydrogen-bond donors (Lipinski definition) is 2. The summed E-state index contributed by atoms with van der Waals surface area (Å²) in [6.45, 7) is 5.33. The van der Waals surface area contributed by atoms with Crippen molar-refractivity contribution >= 4 is 19.2 Å². The van der Waals surface area contributed by atoms with Crippen LogP contribution in [-0.2, 0) is 18.7 Å². The Balaban J connectivity index is 4.40. The van der Waals surface area contributed by atoms with Crippen LogP contribution in [0.4, 0.5) is 0 Å². The van der Waals surface area contributed by atoms with Crippen LogP contribution in [-0.4, -0.2) is 40.9 Å². The minimum Gasteiger partial charge on any atom is -0.385 e. The Morgan fingerprint density at radius 1 is 1.35 bits per heavy atom. The van der Waals surface area contributed by atoms with Crippen LogP contribution in [0.25, 0.3) is 0 Å². The summed E-state index contributed by atoms with van der Waals surface area (Å²) in [5, 5.41) is 9.60. The number of Topliss-reactive ketones (excluding diaryl/α,β-unsaturated/α-hetero) is 2. The van der Waals surface area contributed by atoms with E-state index in [2.05, 4.69) is 0 Å². The van der Waals surface area contributed by atoms with Gasteiger partial charge in [0, 0.05) is 13.6 Å². The lowest BCUT2D eigenvalue weighted by Gasteiger charge is -2.23. The van der Waals surface area contributed by atoms with Gasteiger partial charge < -0.3 is 14.5 Å². The molecule has 0 aromatic rings. The van der Waals surface area contributed by atoms with E-state index in [9.17, 15) is 19.3 Å². The molecule has 0 saturated carbocycles. The van der Waals surface area contributed by atoms with Crippen LogP contribution >= 0.6 is 7.60 Å². The standard InChI is InChI=1S/C10H19O6P/c1-6(5-16-17(4,14)15)7(2)9(12)10(13)8(3)11/h6-7,9,12H,5H2,1-4H3,(H,14,15). The van der Waals surface area contributed by atoms with E-state index in [1.165, 1.54) is 0 Å². The number of aliphatic hydroxyl groups excluding tert-OH is 1. The van der Waals surface area contributed by atoms with E-state index >= 15 is 0 Å². The Hall–Kier alpha value is -0.550. The third kappa shape index (κ3) is 6.07. The predicted molar refractivity (Wildman–Crippen MR) is 61.7 cm³/mol. The Morgan fingerprint density at radius 2 is 1.82 bits per heavy atom. The maximum Gasteiger partial charge on any atom is 0.325 e. The van der Waals surface area contributed by atoms with Crippen molar-refractivity contribution in [1.82, 2.24) is 0 Å². The van der Waals surface area contributed by atoms with Gasteiger partial charge in [0.1, 0.15) is 6.10 Å². The second-order valence-corrected chi connectivity index (χ2v) is 6.16. The van der Waals surface area contributed by atoms with Gasteiger partial charge in [-0.25, -0.2) is 0 Å². The van der Waals surface area contributed by atoms with Gasteiger partial charge in [-0.15, -0.1) is 0 Å². The molecule has 0 rings (SSSR count). The minimum atomic E-state index is -3.57. The van der Waals surface area contributed by atoms with E-state index in [4.69, 9.17) is 9.42 Å². The normalized spacial score (nSPS) is 20.1. The lowest BCUT2D eigenvalue weighted by Crippen LogP contribution is -2.36. The van der Waals surface area contributed by atoms with Crippen molar-refractivity contribution < 1.29 is 28.7 Å². The topological polar surface area (TPSA) is 101 Å². The minimum absolute atomic E-state index is 0.0618. The molecule has 0 aliphatic carbocycles. The van der Waals surface area contributed by atoms with E-state index in [0.29, 0.717) is 0 Å². The van der Waals surface area contributed by atoms with Crippen LogP contribution < -0.4 is 0 Å². The van der Waals surface area contributed by atoms with Gasteiger partial charge in [-0.1, -0.05) is 13.8 Å². The van der Waals surface area contributed by atoms with Crippen molar-refractivity contribution in [2.24, 2.45) is 11.8 Å². The van der Waals surface area contributed by atoms with Gasteiger partial charge in [0.25, 0.3) is 0 Å². The molecule has 4 atom stereocenters. The second kappa shape index (κ2) is 6.40. The van der Waals surface area contributed by atoms with Gasteiger partial charge in [-0.2, -0.15) is 0 Å². The molecule has 0 radical (unpaired) electrons. The number of hydrogen-bond acceptors (Lipinski definition) is 5. The summed E-state index contributed by atoms with van der Waals surface area (Å²) in [6, 6.07) is 0. The number of ketones is 2. The molecule has 0 aromatic heterocycles. The van der Waals surface area contributed by atoms with Gasteiger partial charge in [-0.05, 0) is 11.8 Å². The first kappa shape index (κ1) is 16.4. The summed E-state index contributed by atoms with van der Waals surface area (Å²) in [4.78, 5) is 31.0. The van der Waals surface area contributed by atoms with Crippen LogP contribution in [0.5, 0.6) is 0 Å². The number of aliphatic hydroxyl groups is 1. The monoisotopic (exact) mass is 266 g/mol. The van der Waals surface area contributed by atoms with E-state index in [0.717, 1.165) is 13.6 Å². The van der Waals surface area contributed by atoms with Crippen LogP contribution in [0.2, 0.25) is 0 Å². The Bertz CT molecular complexity index is 334. The molecule has 6 nitrogen and oxygen atoms in total. The van der Waals surface area contributed by atoms with Crippen molar-refractivity contribution in [3.8, 4) is 0 Å². The zero-order valence-corrected chi connectivity index (χ0v) is 11.3. The van der Waals surface area contributed by atoms with Gasteiger partial charge in [0.15, 0.2) is 5.78 Å². The molecule has 2 N–H and O–H groups in total. The van der Waals surface area contributed by atoms with E-state index in [1.807, 2.05) is 0 Å². The van der Waals surface area contributed by atoms with Crippen molar-refractivity contribution in [1.29, 1.82) is 0 Å². The fraction of sp³-hybridized carbons (Fsp3) is 0.800. The number of carbonyl (C=O) groups excluding carboxylic acids is 2. The number of rotatable bonds is 7. The average Bonchev–Trinajstić information content (AvgIpc) is 2.21. The molecule has 0 aliphatic heterocycles. The van der Waals surface area contributed by atoms with Crippen molar-refractivity contribution in [2.75, 3.05) is 13.3 Å². The molecule has 0 spiro atoms. The zero-order valence-electron chi connectivity index (χ0n) is 10.4. The fourth-order valence-corrected chi connectivity index (χ4v) is 1.68. The molecule has 7 heteroatoms. The lowest BCUT2D eigenvalue weighted by atomic mass is 9.88. The Morgan fingerprint density at radius 3 is 2.18 bits per heavy atom. The molecule has 0 bridgehead atoms. The highest BCUT2D eigenvalue weighted by atomic mass is 31.2. The first-order valence-electron chi connectivity index (χ1n) is 5.24. The summed E-state index contributed by atoms with van der Waals surface area (Å²) in [6.07, 6.45) is -1.40. The Kier molecular flexibility index (Phi) is 6.19. The highest BCUT2D eigenvalue weighted by molar-refractivity contribution is 7.51. The van der Waals surface area contributed by atoms with Crippen molar-refractivity contribution in [2.45, 2.75) is 26.9 Å². The van der Waals surface area contributed by atoms with E-state index in [-0.39, 0.29) is 12.5 Å². The van der Waals surface area contributed by atoms with Crippen LogP contribution in [0.15, 0.2) is 0 Å². The first-order chi connectivity index (χ1) is 7.56. The maximum atomic E-state index is 11.2. The second-order valence-electron chi connectivity index (χ2n) is 4.30. The predicted octanol–water partition coefficient (Wildman–Crippen LogP) is 0.609. The molecule has 0 fully saturated rings. The Labute approximate surface area is 101 Å². The molecule has 4 unspecified atom stereocenters. The highest BCUT2D eigenvalue weighted by Gasteiger charge is 2.30. The van der Waals surface area contributed by atoms with E-state index < -0.39 is 31.2 Å². The van der Waals surface area contributed by atoms with Crippen LogP contribution in [0, 0.1) is 11.8 Å². The summed E-state index contributed by atoms with van der Waals surface area (Å²) in [5.74, 6) is -2.42. The number of carbonyl (C=O) groups is 2. The van der Waals surface area contributed by atoms with Crippen LogP contribution in [0.3, 0.4) is 0 Å². The molecule has 17 heavy (non-hydrogen) atoms. The summed E-state index contributed by atoms with van der Waals surface area (Å²) in [5.41, 5.74) is 0. The summed E-state index contributed by atoms with van der Waals surface area (Å²) >= 11 is 0. The fourth-order valence-electron chi connectivity index (χ4n) is 1.17. The largest absolute Gasteiger partial charge is 0.385 e. The zero-order chi connectivity index (χ0) is 13.8. The van der Waals surface area contributed by atoms with Gasteiger partial charge in [0.2, 0.25) is 5.78 Å². The summed E-state index contributed by atoms with van der Waals surface area (Å²) in [7, 11) is -3.57. The molecular formula is C10H19O6P. The van der Waals surface area contributed by atoms with Gasteiger partial charge in [-0.3, -0.25) is 14.2 Å². The molecule has 100 valence electrons. The van der Waals surface area contributed by atoms with E-state index in [1.54, 1.807) is 13.8 Å². The lowest BCUT2D eigenvalue weighted by molar-refractivity contribution is -0.142. The quantitative estimate of drug-likeness (QED) is 0.517. The third-order valence-corrected chi connectivity index (χ3v) is 3.22. The molecular weight excluding hydrogens is 247 g/mol. The molecule has 0 aromatic carbocycles. The van der Waals surface area contributed by atoms with Crippen LogP contribution in [0.1, 0.15) is 20.8 Å². The molecule has 0 heterocycles. The van der Waals surface area contributed by atoms with Gasteiger partial charge >= 0.3 is 7.60 Å². The molecule has 0 aliphatic rings. The molecule has 0 saturated heterocycles. The highest BCUT2D eigenvalue weighted by Crippen LogP contribution is 2.37. The average molecular weight is 266 g/mol. The van der Waals surface area contributed by atoms with Crippen molar-refractivity contribution in [3.05, 3.63) is 0 Å². The van der Waals surface area contributed by atoms with Gasteiger partial charge in [0.05, 0.1) is 6.61 Å². The summed E-state index contributed by atoms with van der Waals surface area (Å²) < 4.78 is 15.6. The van der Waals surface area contributed by atoms with Crippen molar-refractivity contribution in [3.63, 3.8) is 0 Å². The molecule has 0 amide bonds. The maximum absolute atomic E-state index is 11.2. The smallest absolute Gasteiger partial charge is 0.325 e. The SMILES string of the molecule is CC(=O)C(=O)C(O)C(C)C(C)COP(C)(=O)O. The first-order valence-corrected chi connectivity index (χ1v) is 7.26. The third-order valence-electron chi connectivity index (χ3n) is 2.59.